The van der Waals surface area contributed by atoms with Crippen LogP contribution < -0.4 is 4.99 Å². The molecule has 16 heavy (non-hydrogen) atoms. The Morgan fingerprint density at radius 1 is 1.31 bits per heavy atom. The maximum Gasteiger partial charge on any atom is 0.403 e. The summed E-state index contributed by atoms with van der Waals surface area (Å²) >= 11 is 0. The van der Waals surface area contributed by atoms with Crippen LogP contribution in [-0.4, -0.2) is 19.3 Å². The molecule has 3 nitrogen and oxygen atoms in total. The van der Waals surface area contributed by atoms with Gasteiger partial charge in [0.2, 0.25) is 0 Å². The van der Waals surface area contributed by atoms with Crippen LogP contribution in [0.5, 0.6) is 0 Å². The lowest BCUT2D eigenvalue weighted by Crippen LogP contribution is -2.66. The third-order valence-electron chi connectivity index (χ3n) is 2.24. The Morgan fingerprint density at radius 2 is 2.06 bits per heavy atom. The Bertz CT molecular complexity index is 484. The Morgan fingerprint density at radius 3 is 2.75 bits per heavy atom. The van der Waals surface area contributed by atoms with Crippen molar-refractivity contribution >= 4 is 18.3 Å². The molecule has 1 aliphatic rings. The average molecular weight is 214 g/mol. The van der Waals surface area contributed by atoms with Crippen molar-refractivity contribution in [1.82, 2.24) is 0 Å². The zero-order valence-electron chi connectivity index (χ0n) is 8.94. The molecule has 1 aromatic carbocycles. The highest BCUT2D eigenvalue weighted by Gasteiger charge is 2.19. The molecular weight excluding hydrogens is 202 g/mol. The first-order chi connectivity index (χ1) is 7.79. The smallest absolute Gasteiger partial charge is 0.403 e. The van der Waals surface area contributed by atoms with Crippen LogP contribution in [-0.2, 0) is 9.53 Å². The standard InChI is InChI=1S/C13H11NO2/c1-16-13(15)12-8-11(9-14-12)7-10-5-3-2-4-6-10/h2-9H,1H3/p+1/b11-7-. The van der Waals surface area contributed by atoms with Crippen LogP contribution in [0.2, 0.25) is 0 Å². The number of hydrogen-bond acceptors (Lipinski definition) is 2. The molecule has 1 aromatic rings. The van der Waals surface area contributed by atoms with Crippen molar-refractivity contribution in [2.45, 2.75) is 0 Å². The lowest BCUT2D eigenvalue weighted by atomic mass is 10.1. The monoisotopic (exact) mass is 214 g/mol. The second kappa shape index (κ2) is 4.57. The van der Waals surface area contributed by atoms with Crippen LogP contribution in [0.15, 0.2) is 47.7 Å². The number of benzene rings is 1. The number of carbonyl (C=O) groups excluding carboxylic acids is 1. The Labute approximate surface area is 93.8 Å². The minimum Gasteiger partial charge on any atom is -0.461 e. The van der Waals surface area contributed by atoms with Gasteiger partial charge in [-0.05, 0) is 11.6 Å². The van der Waals surface area contributed by atoms with Gasteiger partial charge < -0.3 is 4.74 Å². The van der Waals surface area contributed by atoms with Gasteiger partial charge in [-0.15, -0.1) is 0 Å². The molecular formula is C13H12NO2+. The van der Waals surface area contributed by atoms with E-state index < -0.39 is 0 Å². The van der Waals surface area contributed by atoms with Crippen LogP contribution in [0, 0.1) is 0 Å². The zero-order valence-corrected chi connectivity index (χ0v) is 8.94. The number of nitrogens with one attached hydrogen (secondary N) is 1. The van der Waals surface area contributed by atoms with E-state index in [0.717, 1.165) is 11.1 Å². The van der Waals surface area contributed by atoms with Crippen LogP contribution in [0.3, 0.4) is 0 Å². The second-order valence-corrected chi connectivity index (χ2v) is 3.39. The maximum absolute atomic E-state index is 11.2. The van der Waals surface area contributed by atoms with Crippen LogP contribution >= 0.6 is 0 Å². The third-order valence-corrected chi connectivity index (χ3v) is 2.24. The summed E-state index contributed by atoms with van der Waals surface area (Å²) in [4.78, 5) is 14.1. The van der Waals surface area contributed by atoms with E-state index in [1.165, 1.54) is 7.11 Å². The number of methoxy groups -OCH3 is 1. The summed E-state index contributed by atoms with van der Waals surface area (Å²) < 4.78 is 4.62. The van der Waals surface area contributed by atoms with E-state index >= 15 is 0 Å². The van der Waals surface area contributed by atoms with E-state index in [2.05, 4.69) is 9.73 Å². The summed E-state index contributed by atoms with van der Waals surface area (Å²) in [5, 5.41) is 0. The molecule has 1 heterocycles. The molecule has 3 heteroatoms. The molecule has 0 unspecified atom stereocenters. The quantitative estimate of drug-likeness (QED) is 0.719. The van der Waals surface area contributed by atoms with Crippen molar-refractivity contribution in [2.24, 2.45) is 0 Å². The van der Waals surface area contributed by atoms with Gasteiger partial charge in [-0.25, -0.2) is 9.79 Å². The highest BCUT2D eigenvalue weighted by molar-refractivity contribution is 5.95. The fraction of sp³-hybridized carbons (Fsp3) is 0.0769. The van der Waals surface area contributed by atoms with E-state index in [9.17, 15) is 4.79 Å². The van der Waals surface area contributed by atoms with Crippen LogP contribution in [0.4, 0.5) is 0 Å². The lowest BCUT2D eigenvalue weighted by molar-refractivity contribution is -0.384. The molecule has 0 atom stereocenters. The summed E-state index contributed by atoms with van der Waals surface area (Å²) in [6.07, 6.45) is 5.53. The zero-order chi connectivity index (χ0) is 11.4. The van der Waals surface area contributed by atoms with Gasteiger partial charge >= 0.3 is 5.97 Å². The highest BCUT2D eigenvalue weighted by atomic mass is 16.5. The van der Waals surface area contributed by atoms with Gasteiger partial charge in [0.25, 0.3) is 5.70 Å². The van der Waals surface area contributed by atoms with Gasteiger partial charge in [0.1, 0.15) is 0 Å². The third kappa shape index (κ3) is 2.25. The van der Waals surface area contributed by atoms with Gasteiger partial charge in [0.05, 0.1) is 7.11 Å². The van der Waals surface area contributed by atoms with Gasteiger partial charge in [-0.2, -0.15) is 0 Å². The summed E-state index contributed by atoms with van der Waals surface area (Å²) in [5.41, 5.74) is 2.51. The Hall–Kier alpha value is -2.16. The number of esters is 1. The summed E-state index contributed by atoms with van der Waals surface area (Å²) in [6.45, 7) is 0. The predicted octanol–water partition coefficient (Wildman–Crippen LogP) is 0.292. The van der Waals surface area contributed by atoms with Gasteiger partial charge in [0, 0.05) is 11.6 Å². The molecule has 0 fully saturated rings. The van der Waals surface area contributed by atoms with Crippen LogP contribution in [0.25, 0.3) is 6.08 Å². The van der Waals surface area contributed by atoms with Gasteiger partial charge in [-0.1, -0.05) is 30.3 Å². The SMILES string of the molecule is COC(=O)C1=C/C(=C/c2ccccc2)C=[NH+]1. The number of hydrogen-bond donors (Lipinski definition) is 1. The fourth-order valence-corrected chi connectivity index (χ4v) is 1.46. The van der Waals surface area contributed by atoms with E-state index in [1.54, 1.807) is 12.3 Å². The largest absolute Gasteiger partial charge is 0.461 e. The molecule has 0 saturated heterocycles. The molecule has 80 valence electrons. The molecule has 0 spiro atoms. The minimum atomic E-state index is -0.354. The Balaban J connectivity index is 2.21. The second-order valence-electron chi connectivity index (χ2n) is 3.39. The molecule has 1 aliphatic heterocycles. The highest BCUT2D eigenvalue weighted by Crippen LogP contribution is 2.08. The predicted molar refractivity (Wildman–Crippen MR) is 61.5 cm³/mol. The molecule has 0 aliphatic carbocycles. The maximum atomic E-state index is 11.2. The van der Waals surface area contributed by atoms with E-state index in [-0.39, 0.29) is 5.97 Å². The van der Waals surface area contributed by atoms with Gasteiger partial charge in [0.15, 0.2) is 6.21 Å². The van der Waals surface area contributed by atoms with Crippen molar-refractivity contribution in [3.8, 4) is 0 Å². The lowest BCUT2D eigenvalue weighted by Gasteiger charge is -1.90. The van der Waals surface area contributed by atoms with E-state index in [1.807, 2.05) is 36.4 Å². The average Bonchev–Trinajstić information content (AvgIpc) is 2.78. The first kappa shape index (κ1) is 10.4. The van der Waals surface area contributed by atoms with Crippen molar-refractivity contribution in [3.63, 3.8) is 0 Å². The number of carbonyl (C=O) groups is 1. The Kier molecular flexibility index (Phi) is 2.96. The molecule has 0 amide bonds. The molecule has 0 bridgehead atoms. The van der Waals surface area contributed by atoms with Crippen molar-refractivity contribution < 1.29 is 14.5 Å². The van der Waals surface area contributed by atoms with Crippen LogP contribution in [0.1, 0.15) is 5.56 Å². The molecule has 0 radical (unpaired) electrons. The first-order valence-electron chi connectivity index (χ1n) is 4.96. The fourth-order valence-electron chi connectivity index (χ4n) is 1.46. The number of ether oxygens (including phenoxy) is 1. The topological polar surface area (TPSA) is 40.3 Å². The minimum absolute atomic E-state index is 0.354. The summed E-state index contributed by atoms with van der Waals surface area (Å²) in [7, 11) is 1.36. The van der Waals surface area contributed by atoms with Crippen molar-refractivity contribution in [1.29, 1.82) is 0 Å². The van der Waals surface area contributed by atoms with Crippen molar-refractivity contribution in [2.75, 3.05) is 7.11 Å². The normalized spacial score (nSPS) is 16.3. The summed E-state index contributed by atoms with van der Waals surface area (Å²) in [5.74, 6) is -0.354. The number of rotatable bonds is 2. The van der Waals surface area contributed by atoms with Gasteiger partial charge in [-0.3, -0.25) is 0 Å². The summed E-state index contributed by atoms with van der Waals surface area (Å²) in [6, 6.07) is 9.92. The van der Waals surface area contributed by atoms with E-state index in [0.29, 0.717) is 5.70 Å². The van der Waals surface area contributed by atoms with E-state index in [4.69, 9.17) is 0 Å². The number of allylic oxidation sites excluding steroid dienone is 2. The first-order valence-corrected chi connectivity index (χ1v) is 4.96. The molecule has 0 aromatic heterocycles. The molecule has 0 saturated carbocycles. The molecule has 2 rings (SSSR count). The van der Waals surface area contributed by atoms with Crippen molar-refractivity contribution in [3.05, 3.63) is 53.2 Å². The molecule has 1 N–H and O–H groups in total.